The average molecular weight is 244 g/mol. The van der Waals surface area contributed by atoms with Gasteiger partial charge in [0, 0.05) is 13.0 Å². The van der Waals surface area contributed by atoms with E-state index in [1.165, 1.54) is 5.56 Å². The molecule has 0 fully saturated rings. The maximum Gasteiger partial charge on any atom is 0.229 e. The monoisotopic (exact) mass is 244 g/mol. The fourth-order valence-corrected chi connectivity index (χ4v) is 1.82. The van der Waals surface area contributed by atoms with Crippen LogP contribution in [0.4, 0.5) is 0 Å². The minimum Gasteiger partial charge on any atom is -0.504 e. The van der Waals surface area contributed by atoms with Crippen LogP contribution >= 0.6 is 0 Å². The first kappa shape index (κ1) is 12.4. The molecule has 0 saturated carbocycles. The van der Waals surface area contributed by atoms with Gasteiger partial charge in [-0.2, -0.15) is 0 Å². The highest BCUT2D eigenvalue weighted by atomic mass is 16.5. The van der Waals surface area contributed by atoms with Gasteiger partial charge in [-0.05, 0) is 18.1 Å². The molecule has 3 nitrogen and oxygen atoms in total. The van der Waals surface area contributed by atoms with Crippen LogP contribution in [0.25, 0.3) is 0 Å². The fourth-order valence-electron chi connectivity index (χ4n) is 1.82. The second-order valence-corrected chi connectivity index (χ2v) is 4.44. The number of benzene rings is 1. The second-order valence-electron chi connectivity index (χ2n) is 4.44. The number of hydrogen-bond acceptors (Lipinski definition) is 2. The Balaban J connectivity index is 2.21. The lowest BCUT2D eigenvalue weighted by Gasteiger charge is -2.10. The highest BCUT2D eigenvalue weighted by Crippen LogP contribution is 2.27. The highest BCUT2D eigenvalue weighted by molar-refractivity contribution is 5.38. The van der Waals surface area contributed by atoms with Crippen LogP contribution in [-0.4, -0.2) is 5.11 Å². The van der Waals surface area contributed by atoms with E-state index >= 15 is 0 Å². The van der Waals surface area contributed by atoms with E-state index in [1.54, 1.807) is 6.07 Å². The first-order valence-corrected chi connectivity index (χ1v) is 5.95. The van der Waals surface area contributed by atoms with Gasteiger partial charge >= 0.3 is 0 Å². The van der Waals surface area contributed by atoms with Crippen LogP contribution in [0.15, 0.2) is 36.5 Å². The van der Waals surface area contributed by atoms with Crippen molar-refractivity contribution in [2.75, 3.05) is 0 Å². The summed E-state index contributed by atoms with van der Waals surface area (Å²) in [6, 6.07) is 9.72. The van der Waals surface area contributed by atoms with Gasteiger partial charge in [0.1, 0.15) is 13.7 Å². The van der Waals surface area contributed by atoms with E-state index in [-0.39, 0.29) is 5.75 Å². The third-order valence-corrected chi connectivity index (χ3v) is 3.18. The number of aryl methyl sites for hydroxylation is 2. The standard InChI is InChI=1S/C15H17NO2/c1-11-6-4-5-7-13(11)10-18-15-12(2)16(3)9-8-14(15)17/h4-9H,10H2,1-3H3/p+1. The largest absolute Gasteiger partial charge is 0.504 e. The average Bonchev–Trinajstić information content (AvgIpc) is 2.36. The molecule has 0 amide bonds. The van der Waals surface area contributed by atoms with Gasteiger partial charge < -0.3 is 9.84 Å². The van der Waals surface area contributed by atoms with Crippen molar-refractivity contribution < 1.29 is 14.4 Å². The molecule has 1 N–H and O–H groups in total. The first-order chi connectivity index (χ1) is 8.59. The summed E-state index contributed by atoms with van der Waals surface area (Å²) >= 11 is 0. The topological polar surface area (TPSA) is 33.3 Å². The first-order valence-electron chi connectivity index (χ1n) is 5.95. The third kappa shape index (κ3) is 2.45. The molecule has 0 spiro atoms. The van der Waals surface area contributed by atoms with Gasteiger partial charge in [0.2, 0.25) is 11.4 Å². The van der Waals surface area contributed by atoms with Gasteiger partial charge in [-0.15, -0.1) is 0 Å². The minimum atomic E-state index is 0.180. The molecular formula is C15H18NO2+. The number of aromatic nitrogens is 1. The Hall–Kier alpha value is -2.03. The van der Waals surface area contributed by atoms with Crippen LogP contribution in [0.3, 0.4) is 0 Å². The van der Waals surface area contributed by atoms with Gasteiger partial charge in [0.15, 0.2) is 11.9 Å². The molecule has 3 heteroatoms. The van der Waals surface area contributed by atoms with Gasteiger partial charge in [0.25, 0.3) is 0 Å². The lowest BCUT2D eigenvalue weighted by atomic mass is 10.1. The number of hydrogen-bond donors (Lipinski definition) is 1. The molecule has 0 radical (unpaired) electrons. The minimum absolute atomic E-state index is 0.180. The SMILES string of the molecule is Cc1ccccc1COc1c(O)cc[n+](C)c1C. The van der Waals surface area contributed by atoms with Gasteiger partial charge in [0.05, 0.1) is 0 Å². The molecule has 2 rings (SSSR count). The van der Waals surface area contributed by atoms with E-state index in [9.17, 15) is 5.11 Å². The third-order valence-electron chi connectivity index (χ3n) is 3.18. The quantitative estimate of drug-likeness (QED) is 0.841. The zero-order chi connectivity index (χ0) is 13.1. The van der Waals surface area contributed by atoms with E-state index in [0.717, 1.165) is 11.3 Å². The molecule has 1 aromatic carbocycles. The molecule has 94 valence electrons. The molecule has 0 unspecified atom stereocenters. The Morgan fingerprint density at radius 3 is 2.61 bits per heavy atom. The van der Waals surface area contributed by atoms with E-state index in [0.29, 0.717) is 12.4 Å². The molecule has 0 atom stereocenters. The van der Waals surface area contributed by atoms with Crippen molar-refractivity contribution in [2.24, 2.45) is 7.05 Å². The maximum atomic E-state index is 9.82. The molecule has 0 aliphatic rings. The molecule has 0 aliphatic heterocycles. The number of ether oxygens (including phenoxy) is 1. The highest BCUT2D eigenvalue weighted by Gasteiger charge is 2.15. The van der Waals surface area contributed by atoms with Crippen molar-refractivity contribution in [2.45, 2.75) is 20.5 Å². The molecule has 1 aromatic heterocycles. The summed E-state index contributed by atoms with van der Waals surface area (Å²) in [7, 11) is 1.93. The normalized spacial score (nSPS) is 10.4. The second kappa shape index (κ2) is 5.08. The van der Waals surface area contributed by atoms with Crippen LogP contribution < -0.4 is 9.30 Å². The van der Waals surface area contributed by atoms with Gasteiger partial charge in [-0.1, -0.05) is 24.3 Å². The maximum absolute atomic E-state index is 9.82. The Kier molecular flexibility index (Phi) is 3.51. The van der Waals surface area contributed by atoms with Crippen LogP contribution in [0.2, 0.25) is 0 Å². The zero-order valence-electron chi connectivity index (χ0n) is 11.0. The Bertz CT molecular complexity index is 564. The molecule has 0 aliphatic carbocycles. The molecule has 2 aromatic rings. The molecular weight excluding hydrogens is 226 g/mol. The van der Waals surface area contributed by atoms with Gasteiger partial charge in [-0.3, -0.25) is 0 Å². The smallest absolute Gasteiger partial charge is 0.229 e. The lowest BCUT2D eigenvalue weighted by molar-refractivity contribution is -0.678. The van der Waals surface area contributed by atoms with E-state index in [1.807, 2.05) is 42.9 Å². The predicted molar refractivity (Wildman–Crippen MR) is 69.5 cm³/mol. The van der Waals surface area contributed by atoms with Crippen LogP contribution in [0, 0.1) is 13.8 Å². The summed E-state index contributed by atoms with van der Waals surface area (Å²) in [4.78, 5) is 0. The Labute approximate surface area is 107 Å². The summed E-state index contributed by atoms with van der Waals surface area (Å²) in [5.74, 6) is 0.724. The molecule has 0 bridgehead atoms. The summed E-state index contributed by atoms with van der Waals surface area (Å²) in [5, 5.41) is 9.82. The van der Waals surface area contributed by atoms with Crippen molar-refractivity contribution in [1.29, 1.82) is 0 Å². The van der Waals surface area contributed by atoms with E-state index in [2.05, 4.69) is 13.0 Å². The van der Waals surface area contributed by atoms with Crippen molar-refractivity contribution >= 4 is 0 Å². The Morgan fingerprint density at radius 2 is 1.89 bits per heavy atom. The number of pyridine rings is 1. The van der Waals surface area contributed by atoms with Crippen molar-refractivity contribution in [3.63, 3.8) is 0 Å². The van der Waals surface area contributed by atoms with Gasteiger partial charge in [-0.25, -0.2) is 4.57 Å². The van der Waals surface area contributed by atoms with E-state index < -0.39 is 0 Å². The van der Waals surface area contributed by atoms with E-state index in [4.69, 9.17) is 4.74 Å². The number of rotatable bonds is 3. The predicted octanol–water partition coefficient (Wildman–Crippen LogP) is 2.41. The molecule has 18 heavy (non-hydrogen) atoms. The fraction of sp³-hybridized carbons (Fsp3) is 0.267. The molecule has 0 saturated heterocycles. The number of nitrogens with zero attached hydrogens (tertiary/aromatic N) is 1. The summed E-state index contributed by atoms with van der Waals surface area (Å²) < 4.78 is 7.67. The van der Waals surface area contributed by atoms with Crippen LogP contribution in [0.1, 0.15) is 16.8 Å². The number of aromatic hydroxyl groups is 1. The van der Waals surface area contributed by atoms with Crippen molar-refractivity contribution in [1.82, 2.24) is 0 Å². The van der Waals surface area contributed by atoms with Crippen molar-refractivity contribution in [3.8, 4) is 11.5 Å². The van der Waals surface area contributed by atoms with Crippen LogP contribution in [-0.2, 0) is 13.7 Å². The summed E-state index contributed by atoms with van der Waals surface area (Å²) in [5.41, 5.74) is 3.22. The van der Waals surface area contributed by atoms with Crippen LogP contribution in [0.5, 0.6) is 11.5 Å². The molecule has 1 heterocycles. The summed E-state index contributed by atoms with van der Waals surface area (Å²) in [6.07, 6.45) is 1.81. The lowest BCUT2D eigenvalue weighted by Crippen LogP contribution is -2.31. The van der Waals surface area contributed by atoms with Crippen molar-refractivity contribution in [3.05, 3.63) is 53.3 Å². The summed E-state index contributed by atoms with van der Waals surface area (Å²) in [6.45, 7) is 4.44. The Morgan fingerprint density at radius 1 is 1.17 bits per heavy atom. The zero-order valence-corrected chi connectivity index (χ0v) is 11.0.